The van der Waals surface area contributed by atoms with Crippen molar-refractivity contribution in [3.05, 3.63) is 71.3 Å². The SMILES string of the molecule is C#CCC(=CC(/C=C(\C)Nc1ncc(OC/C(CCC)=C(C)/C(=C\C(=C)OC)OC)cn1)OC)N(CC)CCC(CC)N1CCN(C)CC1. The van der Waals surface area contributed by atoms with Crippen LogP contribution in [0.5, 0.6) is 5.75 Å². The summed E-state index contributed by atoms with van der Waals surface area (Å²) in [5.74, 6) is 5.12. The summed E-state index contributed by atoms with van der Waals surface area (Å²) >= 11 is 0. The average Bonchev–Trinajstić information content (AvgIpc) is 3.11. The Morgan fingerprint density at radius 1 is 1.08 bits per heavy atom. The maximum Gasteiger partial charge on any atom is 0.227 e. The monoisotopic (exact) mass is 678 g/mol. The lowest BCUT2D eigenvalue weighted by molar-refractivity contribution is 0.0991. The molecule has 1 N–H and O–H groups in total. The molecule has 2 atom stereocenters. The lowest BCUT2D eigenvalue weighted by Gasteiger charge is -2.39. The summed E-state index contributed by atoms with van der Waals surface area (Å²) in [5, 5.41) is 3.28. The standard InChI is InChI=1S/C39H62N6O4/c1-12-16-33(32(7)38(48-11)25-31(6)46-9)29-49-37-27-40-39(41-28-37)42-30(5)24-36(47-10)26-35(17-13-2)44(15-4)19-18-34(14-3)45-22-20-43(8)21-23-45/h2,24-28,34,36H,6,12,14-23,29H2,1,3-5,7-11H3,(H,40,41,42)/b30-24+,33-32+,35-26?,38-25+. The minimum absolute atomic E-state index is 0.272. The first-order valence-electron chi connectivity index (χ1n) is 17.5. The van der Waals surface area contributed by atoms with Gasteiger partial charge in [-0.2, -0.15) is 0 Å². The van der Waals surface area contributed by atoms with Crippen molar-refractivity contribution in [2.24, 2.45) is 0 Å². The molecule has 1 aromatic heterocycles. The number of anilines is 1. The second-order valence-electron chi connectivity index (χ2n) is 12.4. The summed E-state index contributed by atoms with van der Waals surface area (Å²) in [6, 6.07) is 0.572. The number of aromatic nitrogens is 2. The Bertz CT molecular complexity index is 1310. The molecule has 10 heteroatoms. The van der Waals surface area contributed by atoms with Gasteiger partial charge in [-0.3, -0.25) is 4.90 Å². The fourth-order valence-electron chi connectivity index (χ4n) is 5.86. The van der Waals surface area contributed by atoms with Crippen LogP contribution in [-0.2, 0) is 14.2 Å². The van der Waals surface area contributed by atoms with Crippen molar-refractivity contribution in [1.29, 1.82) is 0 Å². The van der Waals surface area contributed by atoms with Crippen LogP contribution in [0.15, 0.2) is 71.3 Å². The van der Waals surface area contributed by atoms with E-state index < -0.39 is 0 Å². The number of methoxy groups -OCH3 is 3. The van der Waals surface area contributed by atoms with Crippen LogP contribution in [0.25, 0.3) is 0 Å². The first-order chi connectivity index (χ1) is 23.6. The third-order valence-electron chi connectivity index (χ3n) is 8.95. The van der Waals surface area contributed by atoms with Gasteiger partial charge in [0.1, 0.15) is 18.1 Å². The molecular formula is C39H62N6O4. The lowest BCUT2D eigenvalue weighted by Crippen LogP contribution is -2.49. The number of terminal acetylenes is 1. The van der Waals surface area contributed by atoms with Gasteiger partial charge >= 0.3 is 0 Å². The van der Waals surface area contributed by atoms with E-state index in [0.29, 0.717) is 42.3 Å². The maximum atomic E-state index is 6.07. The quantitative estimate of drug-likeness (QED) is 0.0819. The van der Waals surface area contributed by atoms with Gasteiger partial charge in [-0.1, -0.05) is 26.8 Å². The van der Waals surface area contributed by atoms with Crippen LogP contribution in [0.2, 0.25) is 0 Å². The van der Waals surface area contributed by atoms with Gasteiger partial charge in [0.25, 0.3) is 0 Å². The predicted octanol–water partition coefficient (Wildman–Crippen LogP) is 6.64. The number of allylic oxidation sites excluding steroid dienone is 4. The third-order valence-corrected chi connectivity index (χ3v) is 8.95. The van der Waals surface area contributed by atoms with E-state index in [9.17, 15) is 0 Å². The summed E-state index contributed by atoms with van der Waals surface area (Å²) in [7, 11) is 7.13. The highest BCUT2D eigenvalue weighted by molar-refractivity contribution is 5.36. The van der Waals surface area contributed by atoms with E-state index in [-0.39, 0.29) is 6.10 Å². The van der Waals surface area contributed by atoms with Gasteiger partial charge in [-0.05, 0) is 70.4 Å². The zero-order valence-electron chi connectivity index (χ0n) is 31.7. The van der Waals surface area contributed by atoms with E-state index in [0.717, 1.165) is 87.5 Å². The van der Waals surface area contributed by atoms with Crippen molar-refractivity contribution < 1.29 is 18.9 Å². The molecule has 1 aliphatic heterocycles. The van der Waals surface area contributed by atoms with E-state index in [4.69, 9.17) is 25.4 Å². The fraction of sp³-hybridized carbons (Fsp3) is 0.590. The number of nitrogens with one attached hydrogen (secondary N) is 1. The molecule has 272 valence electrons. The minimum atomic E-state index is -0.272. The molecule has 1 aromatic rings. The fourth-order valence-corrected chi connectivity index (χ4v) is 5.86. The van der Waals surface area contributed by atoms with E-state index in [1.54, 1.807) is 39.8 Å². The second-order valence-corrected chi connectivity index (χ2v) is 12.4. The number of rotatable bonds is 22. The molecule has 0 aromatic carbocycles. The van der Waals surface area contributed by atoms with Crippen LogP contribution in [0.3, 0.4) is 0 Å². The molecule has 0 radical (unpaired) electrons. The van der Waals surface area contributed by atoms with Crippen LogP contribution in [0.1, 0.15) is 66.7 Å². The highest BCUT2D eigenvalue weighted by Crippen LogP contribution is 2.23. The van der Waals surface area contributed by atoms with Crippen molar-refractivity contribution in [2.75, 3.05) is 79.6 Å². The molecule has 0 saturated carbocycles. The van der Waals surface area contributed by atoms with Crippen LogP contribution in [0.4, 0.5) is 5.95 Å². The second kappa shape index (κ2) is 22.8. The van der Waals surface area contributed by atoms with Gasteiger partial charge in [-0.15, -0.1) is 12.3 Å². The first-order valence-corrected chi connectivity index (χ1v) is 17.5. The van der Waals surface area contributed by atoms with Crippen LogP contribution < -0.4 is 10.1 Å². The Kier molecular flexibility index (Phi) is 19.2. The van der Waals surface area contributed by atoms with Crippen molar-refractivity contribution in [1.82, 2.24) is 24.7 Å². The average molecular weight is 679 g/mol. The zero-order chi connectivity index (χ0) is 36.2. The molecule has 0 bridgehead atoms. The molecule has 1 saturated heterocycles. The number of piperazine rings is 1. The molecule has 2 rings (SSSR count). The number of hydrogen-bond acceptors (Lipinski definition) is 10. The summed E-state index contributed by atoms with van der Waals surface area (Å²) in [6.07, 6.45) is 19.5. The van der Waals surface area contributed by atoms with Gasteiger partial charge < -0.3 is 34.1 Å². The van der Waals surface area contributed by atoms with Gasteiger partial charge in [-0.25, -0.2) is 9.97 Å². The molecule has 2 heterocycles. The maximum absolute atomic E-state index is 6.07. The van der Waals surface area contributed by atoms with Crippen molar-refractivity contribution in [3.63, 3.8) is 0 Å². The topological polar surface area (TPSA) is 84.5 Å². The smallest absolute Gasteiger partial charge is 0.227 e. The summed E-state index contributed by atoms with van der Waals surface area (Å²) in [4.78, 5) is 16.4. The molecule has 0 aliphatic carbocycles. The number of nitrogens with zero attached hydrogens (tertiary/aromatic N) is 5. The van der Waals surface area contributed by atoms with Crippen LogP contribution in [0, 0.1) is 12.3 Å². The van der Waals surface area contributed by atoms with Gasteiger partial charge in [0, 0.05) is 76.3 Å². The van der Waals surface area contributed by atoms with Crippen molar-refractivity contribution in [2.45, 2.75) is 78.9 Å². The molecule has 1 aliphatic rings. The van der Waals surface area contributed by atoms with Crippen molar-refractivity contribution >= 4 is 5.95 Å². The highest BCUT2D eigenvalue weighted by atomic mass is 16.5. The molecule has 0 amide bonds. The summed E-state index contributed by atoms with van der Waals surface area (Å²) in [5.41, 5.74) is 4.08. The van der Waals surface area contributed by atoms with Gasteiger partial charge in [0.2, 0.25) is 5.95 Å². The molecular weight excluding hydrogens is 616 g/mol. The molecule has 0 spiro atoms. The van der Waals surface area contributed by atoms with E-state index in [2.05, 4.69) is 76.4 Å². The Labute approximate surface area is 296 Å². The number of likely N-dealkylation sites (N-methyl/N-ethyl adjacent to an activating group) is 1. The number of hydrogen-bond donors (Lipinski definition) is 1. The Morgan fingerprint density at radius 3 is 2.33 bits per heavy atom. The van der Waals surface area contributed by atoms with Gasteiger partial charge in [0.15, 0.2) is 5.75 Å². The molecule has 2 unspecified atom stereocenters. The van der Waals surface area contributed by atoms with Crippen molar-refractivity contribution in [3.8, 4) is 18.1 Å². The summed E-state index contributed by atoms with van der Waals surface area (Å²) < 4.78 is 22.7. The Morgan fingerprint density at radius 2 is 1.78 bits per heavy atom. The number of ether oxygens (including phenoxy) is 4. The zero-order valence-corrected chi connectivity index (χ0v) is 31.7. The van der Waals surface area contributed by atoms with Gasteiger partial charge in [0.05, 0.1) is 32.7 Å². The van der Waals surface area contributed by atoms with E-state index >= 15 is 0 Å². The highest BCUT2D eigenvalue weighted by Gasteiger charge is 2.22. The minimum Gasteiger partial charge on any atom is -0.497 e. The first kappa shape index (κ1) is 41.4. The molecule has 49 heavy (non-hydrogen) atoms. The third kappa shape index (κ3) is 14.3. The Balaban J connectivity index is 2.09. The lowest BCUT2D eigenvalue weighted by atomic mass is 10.0. The molecule has 10 nitrogen and oxygen atoms in total. The van der Waals surface area contributed by atoms with E-state index in [1.165, 1.54) is 0 Å². The van der Waals surface area contributed by atoms with Crippen LogP contribution >= 0.6 is 0 Å². The summed E-state index contributed by atoms with van der Waals surface area (Å²) in [6.45, 7) is 21.2. The normalized spacial score (nSPS) is 16.7. The predicted molar refractivity (Wildman–Crippen MR) is 201 cm³/mol. The Hall–Kier alpha value is -3.78. The van der Waals surface area contributed by atoms with Crippen LogP contribution in [-0.4, -0.2) is 111 Å². The largest absolute Gasteiger partial charge is 0.497 e. The molecule has 1 fully saturated rings. The van der Waals surface area contributed by atoms with E-state index in [1.807, 2.05) is 19.9 Å².